The van der Waals surface area contributed by atoms with Crippen LogP contribution in [0.2, 0.25) is 0 Å². The number of carbonyl (C=O) groups excluding carboxylic acids is 1. The third-order valence-electron chi connectivity index (χ3n) is 6.25. The Bertz CT molecular complexity index is 984. The number of hydrogen-bond donors (Lipinski definition) is 2. The van der Waals surface area contributed by atoms with Crippen LogP contribution in [-0.4, -0.2) is 67.3 Å². The molecule has 0 bridgehead atoms. The predicted molar refractivity (Wildman–Crippen MR) is 147 cm³/mol. The Morgan fingerprint density at radius 2 is 1.97 bits per heavy atom. The molecule has 198 valence electrons. The van der Waals surface area contributed by atoms with Crippen molar-refractivity contribution in [3.8, 4) is 0 Å². The average Bonchev–Trinajstić information content (AvgIpc) is 2.91. The van der Waals surface area contributed by atoms with Gasteiger partial charge < -0.3 is 25.4 Å². The number of aromatic nitrogens is 2. The van der Waals surface area contributed by atoms with E-state index in [0.717, 1.165) is 31.4 Å². The second kappa shape index (κ2) is 15.2. The first kappa shape index (κ1) is 28.5. The number of rotatable bonds is 14. The van der Waals surface area contributed by atoms with E-state index >= 15 is 0 Å². The first-order chi connectivity index (χ1) is 18.0. The second-order valence-electron chi connectivity index (χ2n) is 9.90. The van der Waals surface area contributed by atoms with Gasteiger partial charge in [-0.25, -0.2) is 4.98 Å². The van der Waals surface area contributed by atoms with E-state index in [9.17, 15) is 4.79 Å². The Labute approximate surface area is 220 Å². The monoisotopic (exact) mass is 506 g/mol. The van der Waals surface area contributed by atoms with Crippen molar-refractivity contribution >= 4 is 25.6 Å². The normalized spacial score (nSPS) is 16.4. The third-order valence-corrected chi connectivity index (χ3v) is 6.25. The largest absolute Gasteiger partial charge is 0.480 e. The number of nitrogens with one attached hydrogen (secondary N) is 1. The minimum Gasteiger partial charge on any atom is -0.409 e. The number of nitrogens with two attached hydrogens (primary N) is 1. The van der Waals surface area contributed by atoms with E-state index < -0.39 is 13.2 Å². The molecule has 3 rings (SSSR count). The highest BCUT2D eigenvalue weighted by atomic mass is 16.6. The molecule has 2 atom stereocenters. The highest BCUT2D eigenvalue weighted by molar-refractivity contribution is 6.47. The summed E-state index contributed by atoms with van der Waals surface area (Å²) in [5, 5.41) is 3.16. The number of amides is 1. The first-order valence-corrected chi connectivity index (χ1v) is 13.1. The maximum Gasteiger partial charge on any atom is 0.480 e. The standard InChI is InChI=1S/C27H39BN6O3/c1-20(2)15-25(28-36-18-22(19-37-28)11-7-8-12-30-3)34-27(35)23(16-21-9-5-4-6-10-21)33-26(29)24-17-31-13-14-32-24/h4-6,9-10,13-14,17,20,22-23,25H,3,7-8,11-12,15-16,18-19H2,1-2H3,(H2,29,33)(H,34,35). The second-order valence-corrected chi connectivity index (χ2v) is 9.90. The zero-order valence-corrected chi connectivity index (χ0v) is 22.0. The Balaban J connectivity index is 1.69. The number of carbonyl (C=O) groups is 1. The van der Waals surface area contributed by atoms with Crippen LogP contribution in [0.3, 0.4) is 0 Å². The molecule has 9 nitrogen and oxygen atoms in total. The Morgan fingerprint density at radius 3 is 2.62 bits per heavy atom. The van der Waals surface area contributed by atoms with Crippen molar-refractivity contribution in [3.63, 3.8) is 0 Å². The van der Waals surface area contributed by atoms with Crippen molar-refractivity contribution in [2.24, 2.45) is 27.6 Å². The molecule has 0 saturated carbocycles. The molecule has 2 heterocycles. The average molecular weight is 506 g/mol. The molecule has 3 N–H and O–H groups in total. The maximum atomic E-state index is 13.6. The molecule has 37 heavy (non-hydrogen) atoms. The Hall–Kier alpha value is -3.11. The van der Waals surface area contributed by atoms with Crippen LogP contribution < -0.4 is 11.1 Å². The quantitative estimate of drug-likeness (QED) is 0.176. The summed E-state index contributed by atoms with van der Waals surface area (Å²) >= 11 is 0. The smallest absolute Gasteiger partial charge is 0.409 e. The van der Waals surface area contributed by atoms with Crippen LogP contribution in [0.4, 0.5) is 0 Å². The SMILES string of the molecule is C=NCCCCC1COB(C(CC(C)C)NC(=O)C(Cc2ccccc2)N=C(N)c2cnccn2)OC1. The van der Waals surface area contributed by atoms with E-state index in [0.29, 0.717) is 43.6 Å². The van der Waals surface area contributed by atoms with E-state index in [4.69, 9.17) is 15.0 Å². The molecule has 2 aromatic rings. The summed E-state index contributed by atoms with van der Waals surface area (Å²) in [6, 6.07) is 9.02. The summed E-state index contributed by atoms with van der Waals surface area (Å²) in [6.45, 7) is 9.78. The van der Waals surface area contributed by atoms with Gasteiger partial charge in [0.15, 0.2) is 0 Å². The summed E-state index contributed by atoms with van der Waals surface area (Å²) in [4.78, 5) is 30.3. The van der Waals surface area contributed by atoms with Crippen molar-refractivity contribution < 1.29 is 14.1 Å². The number of benzene rings is 1. The van der Waals surface area contributed by atoms with E-state index in [1.807, 2.05) is 30.3 Å². The molecule has 1 fully saturated rings. The number of unbranched alkanes of at least 4 members (excludes halogenated alkanes) is 1. The Kier molecular flexibility index (Phi) is 11.7. The van der Waals surface area contributed by atoms with Gasteiger partial charge in [0.1, 0.15) is 17.6 Å². The lowest BCUT2D eigenvalue weighted by Crippen LogP contribution is -2.55. The summed E-state index contributed by atoms with van der Waals surface area (Å²) in [5.74, 6) is 0.322. The van der Waals surface area contributed by atoms with Gasteiger partial charge in [0.2, 0.25) is 5.91 Å². The fourth-order valence-electron chi connectivity index (χ4n) is 4.34. The summed E-state index contributed by atoms with van der Waals surface area (Å²) in [6.07, 6.45) is 8.88. The van der Waals surface area contributed by atoms with Crippen LogP contribution in [0.15, 0.2) is 58.9 Å². The fourth-order valence-corrected chi connectivity index (χ4v) is 4.34. The molecule has 2 unspecified atom stereocenters. The molecule has 1 aromatic heterocycles. The zero-order chi connectivity index (χ0) is 26.5. The minimum absolute atomic E-state index is 0.171. The van der Waals surface area contributed by atoms with Crippen molar-refractivity contribution in [1.82, 2.24) is 15.3 Å². The van der Waals surface area contributed by atoms with E-state index in [1.165, 1.54) is 6.20 Å². The zero-order valence-electron chi connectivity index (χ0n) is 22.0. The lowest BCUT2D eigenvalue weighted by Gasteiger charge is -2.33. The summed E-state index contributed by atoms with van der Waals surface area (Å²) in [7, 11) is -0.504. The summed E-state index contributed by atoms with van der Waals surface area (Å²) in [5.41, 5.74) is 7.64. The maximum absolute atomic E-state index is 13.6. The van der Waals surface area contributed by atoms with E-state index in [1.54, 1.807) is 12.4 Å². The van der Waals surface area contributed by atoms with Crippen LogP contribution in [0.5, 0.6) is 0 Å². The lowest BCUT2D eigenvalue weighted by molar-refractivity contribution is -0.122. The molecule has 0 radical (unpaired) electrons. The van der Waals surface area contributed by atoms with Gasteiger partial charge in [-0.05, 0) is 37.5 Å². The minimum atomic E-state index is -0.742. The highest BCUT2D eigenvalue weighted by Crippen LogP contribution is 2.20. The van der Waals surface area contributed by atoms with Gasteiger partial charge in [-0.1, -0.05) is 50.6 Å². The van der Waals surface area contributed by atoms with E-state index in [2.05, 4.69) is 45.8 Å². The van der Waals surface area contributed by atoms with Crippen LogP contribution in [0.25, 0.3) is 0 Å². The van der Waals surface area contributed by atoms with E-state index in [-0.39, 0.29) is 17.7 Å². The van der Waals surface area contributed by atoms with Gasteiger partial charge >= 0.3 is 7.12 Å². The molecule has 0 aliphatic carbocycles. The number of hydrogen-bond acceptors (Lipinski definition) is 7. The number of amidine groups is 1. The molecule has 1 aliphatic heterocycles. The number of nitrogens with zero attached hydrogens (tertiary/aromatic N) is 4. The van der Waals surface area contributed by atoms with Gasteiger partial charge in [0.05, 0.1) is 12.1 Å². The van der Waals surface area contributed by atoms with Crippen molar-refractivity contribution in [1.29, 1.82) is 0 Å². The predicted octanol–water partition coefficient (Wildman–Crippen LogP) is 2.89. The first-order valence-electron chi connectivity index (χ1n) is 13.1. The molecule has 1 saturated heterocycles. The van der Waals surface area contributed by atoms with Crippen molar-refractivity contribution in [2.45, 2.75) is 57.9 Å². The third kappa shape index (κ3) is 9.70. The molecule has 1 aromatic carbocycles. The van der Waals surface area contributed by atoms with Crippen LogP contribution >= 0.6 is 0 Å². The molecule has 0 spiro atoms. The van der Waals surface area contributed by atoms with Crippen LogP contribution in [0, 0.1) is 11.8 Å². The lowest BCUT2D eigenvalue weighted by atomic mass is 9.72. The van der Waals surface area contributed by atoms with Gasteiger partial charge in [0, 0.05) is 44.5 Å². The van der Waals surface area contributed by atoms with Gasteiger partial charge in [-0.3, -0.25) is 14.8 Å². The van der Waals surface area contributed by atoms with Gasteiger partial charge in [-0.15, -0.1) is 0 Å². The molecule has 10 heteroatoms. The fraction of sp³-hybridized carbons (Fsp3) is 0.519. The molecular formula is C27H39BN6O3. The van der Waals surface area contributed by atoms with Crippen LogP contribution in [0.1, 0.15) is 50.8 Å². The molecule has 1 amide bonds. The molecule has 1 aliphatic rings. The van der Waals surface area contributed by atoms with Crippen molar-refractivity contribution in [3.05, 3.63) is 60.2 Å². The number of aliphatic imine (C=N–C) groups is 2. The summed E-state index contributed by atoms with van der Waals surface area (Å²) < 4.78 is 12.2. The van der Waals surface area contributed by atoms with Crippen molar-refractivity contribution in [2.75, 3.05) is 19.8 Å². The topological polar surface area (TPSA) is 124 Å². The van der Waals surface area contributed by atoms with Gasteiger partial charge in [0.25, 0.3) is 0 Å². The molecular weight excluding hydrogens is 467 g/mol. The van der Waals surface area contributed by atoms with Crippen LogP contribution in [-0.2, 0) is 20.5 Å². The highest BCUT2D eigenvalue weighted by Gasteiger charge is 2.37. The van der Waals surface area contributed by atoms with Gasteiger partial charge in [-0.2, -0.15) is 0 Å². The Morgan fingerprint density at radius 1 is 1.22 bits per heavy atom.